The van der Waals surface area contributed by atoms with Crippen molar-refractivity contribution in [2.45, 2.75) is 75.3 Å². The first-order chi connectivity index (χ1) is 13.3. The van der Waals surface area contributed by atoms with Crippen LogP contribution in [0.3, 0.4) is 0 Å². The predicted molar refractivity (Wildman–Crippen MR) is 125 cm³/mol. The molecule has 0 aliphatic carbocycles. The Morgan fingerprint density at radius 1 is 0.741 bits per heavy atom. The highest BCUT2D eigenvalue weighted by Crippen LogP contribution is 2.28. The van der Waals surface area contributed by atoms with Crippen LogP contribution in [0, 0.1) is 24.2 Å². The van der Waals surface area contributed by atoms with Gasteiger partial charge in [0, 0.05) is 0 Å². The van der Waals surface area contributed by atoms with Crippen molar-refractivity contribution in [2.75, 3.05) is 5.75 Å². The molecule has 2 heterocycles. The average molecular weight is 415 g/mol. The van der Waals surface area contributed by atoms with Gasteiger partial charge in [-0.3, -0.25) is 0 Å². The number of rotatable bonds is 12. The smallest absolute Gasteiger partial charge is 0.0785 e. The molecule has 0 fully saturated rings. The summed E-state index contributed by atoms with van der Waals surface area (Å²) in [5.41, 5.74) is 0. The van der Waals surface area contributed by atoms with Crippen molar-refractivity contribution in [3.8, 4) is 24.2 Å². The van der Waals surface area contributed by atoms with Gasteiger partial charge in [0.2, 0.25) is 0 Å². The third-order valence-electron chi connectivity index (χ3n) is 4.38. The first kappa shape index (κ1) is 22.2. The predicted octanol–water partition coefficient (Wildman–Crippen LogP) is 8.20. The van der Waals surface area contributed by atoms with Crippen molar-refractivity contribution < 1.29 is 0 Å². The molecule has 2 rings (SSSR count). The monoisotopic (exact) mass is 414 g/mol. The van der Waals surface area contributed by atoms with Gasteiger partial charge >= 0.3 is 0 Å². The van der Waals surface area contributed by atoms with E-state index in [1.807, 2.05) is 23.9 Å². The van der Waals surface area contributed by atoms with E-state index >= 15 is 0 Å². The van der Waals surface area contributed by atoms with E-state index in [1.165, 1.54) is 74.2 Å². The van der Waals surface area contributed by atoms with Crippen molar-refractivity contribution in [3.05, 3.63) is 38.9 Å². The maximum atomic E-state index is 5.40. The molecule has 2 aromatic heterocycles. The molecule has 144 valence electrons. The molecule has 0 unspecified atom stereocenters. The van der Waals surface area contributed by atoms with Crippen LogP contribution in [0.2, 0.25) is 0 Å². The second kappa shape index (κ2) is 14.0. The van der Waals surface area contributed by atoms with Gasteiger partial charge in [0.15, 0.2) is 0 Å². The molecule has 27 heavy (non-hydrogen) atoms. The Hall–Kier alpha value is -1.13. The Balaban J connectivity index is 1.54. The Morgan fingerprint density at radius 3 is 1.93 bits per heavy atom. The number of unbranched alkanes of at least 4 members (excludes halogenated alkanes) is 9. The molecule has 0 amide bonds. The third-order valence-corrected chi connectivity index (χ3v) is 7.62. The topological polar surface area (TPSA) is 0 Å². The summed E-state index contributed by atoms with van der Waals surface area (Å²) in [5, 5.41) is 0. The van der Waals surface area contributed by atoms with E-state index in [4.69, 9.17) is 6.42 Å². The molecule has 0 bridgehead atoms. The Kier molecular flexibility index (Phi) is 11.5. The van der Waals surface area contributed by atoms with Gasteiger partial charge in [0.25, 0.3) is 0 Å². The summed E-state index contributed by atoms with van der Waals surface area (Å²) in [6.45, 7) is 2.28. The van der Waals surface area contributed by atoms with Crippen LogP contribution in [0.1, 0.15) is 85.8 Å². The van der Waals surface area contributed by atoms with Gasteiger partial charge in [0.05, 0.1) is 18.8 Å². The molecule has 0 spiro atoms. The number of thiophene rings is 2. The number of hydrogen-bond donors (Lipinski definition) is 0. The van der Waals surface area contributed by atoms with Crippen molar-refractivity contribution in [1.82, 2.24) is 0 Å². The van der Waals surface area contributed by atoms with Crippen molar-refractivity contribution >= 4 is 34.4 Å². The van der Waals surface area contributed by atoms with Crippen LogP contribution < -0.4 is 0 Å². The lowest BCUT2D eigenvalue weighted by molar-refractivity contribution is 0.563. The standard InChI is InChI=1S/C24H30S3/c1-3-5-6-7-8-9-10-11-12-13-20-25-24-19-18-23(27-24)17-16-22-15-14-21(4-2)26-22/h2,14-15,18-19H,3,5-13,20H2,1H3. The molecule has 0 N–H and O–H groups in total. The molecular weight excluding hydrogens is 384 g/mol. The van der Waals surface area contributed by atoms with E-state index in [1.54, 1.807) is 22.7 Å². The van der Waals surface area contributed by atoms with Gasteiger partial charge < -0.3 is 0 Å². The molecule has 0 nitrogen and oxygen atoms in total. The van der Waals surface area contributed by atoms with Crippen molar-refractivity contribution in [1.29, 1.82) is 0 Å². The quantitative estimate of drug-likeness (QED) is 0.191. The van der Waals surface area contributed by atoms with E-state index in [9.17, 15) is 0 Å². The highest BCUT2D eigenvalue weighted by molar-refractivity contribution is 8.01. The van der Waals surface area contributed by atoms with Gasteiger partial charge in [0.1, 0.15) is 0 Å². The molecule has 0 aliphatic rings. The second-order valence-corrected chi connectivity index (χ2v) is 10.3. The minimum absolute atomic E-state index is 0.943. The number of hydrogen-bond acceptors (Lipinski definition) is 3. The highest BCUT2D eigenvalue weighted by atomic mass is 32.2. The van der Waals surface area contributed by atoms with Gasteiger partial charge in [-0.05, 0) is 48.3 Å². The fourth-order valence-corrected chi connectivity index (χ4v) is 5.56. The molecule has 0 aliphatic heterocycles. The molecule has 0 atom stereocenters. The van der Waals surface area contributed by atoms with E-state index in [-0.39, 0.29) is 0 Å². The summed E-state index contributed by atoms with van der Waals surface area (Å²) >= 11 is 5.35. The maximum Gasteiger partial charge on any atom is 0.0785 e. The summed E-state index contributed by atoms with van der Waals surface area (Å²) in [6, 6.07) is 8.30. The third kappa shape index (κ3) is 9.57. The lowest BCUT2D eigenvalue weighted by Crippen LogP contribution is -1.83. The van der Waals surface area contributed by atoms with E-state index in [2.05, 4.69) is 36.8 Å². The summed E-state index contributed by atoms with van der Waals surface area (Å²) in [5.74, 6) is 10.4. The van der Waals surface area contributed by atoms with Crippen LogP contribution in [-0.2, 0) is 0 Å². The second-order valence-electron chi connectivity index (χ2n) is 6.71. The largest absolute Gasteiger partial charge is 0.120 e. The first-order valence-corrected chi connectivity index (χ1v) is 12.7. The number of terminal acetylenes is 1. The van der Waals surface area contributed by atoms with Crippen LogP contribution in [0.15, 0.2) is 28.5 Å². The lowest BCUT2D eigenvalue weighted by atomic mass is 10.1. The molecule has 0 radical (unpaired) electrons. The first-order valence-electron chi connectivity index (χ1n) is 10.1. The zero-order chi connectivity index (χ0) is 19.2. The molecular formula is C24H30S3. The fourth-order valence-electron chi connectivity index (χ4n) is 2.83. The van der Waals surface area contributed by atoms with Crippen LogP contribution in [-0.4, -0.2) is 5.75 Å². The Labute approximate surface area is 178 Å². The molecule has 0 saturated carbocycles. The van der Waals surface area contributed by atoms with Gasteiger partial charge in [-0.15, -0.1) is 40.9 Å². The van der Waals surface area contributed by atoms with E-state index < -0.39 is 0 Å². The minimum Gasteiger partial charge on any atom is -0.120 e. The summed E-state index contributed by atoms with van der Waals surface area (Å²) in [7, 11) is 0. The normalized spacial score (nSPS) is 10.4. The van der Waals surface area contributed by atoms with Crippen LogP contribution >= 0.6 is 34.4 Å². The van der Waals surface area contributed by atoms with Gasteiger partial charge in [-0.2, -0.15) is 0 Å². The number of thioether (sulfide) groups is 1. The molecule has 3 heteroatoms. The van der Waals surface area contributed by atoms with E-state index in [0.717, 1.165) is 14.6 Å². The SMILES string of the molecule is C#Cc1ccc(C#Cc2ccc(SCCCCCCCCCCCC)s2)s1. The van der Waals surface area contributed by atoms with Crippen LogP contribution in [0.4, 0.5) is 0 Å². The molecule has 0 aromatic carbocycles. The summed E-state index contributed by atoms with van der Waals surface area (Å²) in [4.78, 5) is 3.12. The lowest BCUT2D eigenvalue weighted by Gasteiger charge is -2.02. The summed E-state index contributed by atoms with van der Waals surface area (Å²) in [6.07, 6.45) is 19.4. The highest BCUT2D eigenvalue weighted by Gasteiger charge is 2.00. The molecule has 0 saturated heterocycles. The minimum atomic E-state index is 0.943. The summed E-state index contributed by atoms with van der Waals surface area (Å²) < 4.78 is 1.38. The average Bonchev–Trinajstić information content (AvgIpc) is 3.33. The Morgan fingerprint density at radius 2 is 1.30 bits per heavy atom. The van der Waals surface area contributed by atoms with E-state index in [0.29, 0.717) is 0 Å². The van der Waals surface area contributed by atoms with Crippen LogP contribution in [0.25, 0.3) is 0 Å². The fraction of sp³-hybridized carbons (Fsp3) is 0.500. The maximum absolute atomic E-state index is 5.40. The Bertz CT molecular complexity index is 748. The zero-order valence-corrected chi connectivity index (χ0v) is 18.8. The zero-order valence-electron chi connectivity index (χ0n) is 16.4. The van der Waals surface area contributed by atoms with Crippen LogP contribution in [0.5, 0.6) is 0 Å². The van der Waals surface area contributed by atoms with Gasteiger partial charge in [-0.25, -0.2) is 0 Å². The molecule has 2 aromatic rings. The van der Waals surface area contributed by atoms with Gasteiger partial charge in [-0.1, -0.05) is 70.6 Å². The van der Waals surface area contributed by atoms with Crippen molar-refractivity contribution in [3.63, 3.8) is 0 Å². The van der Waals surface area contributed by atoms with Crippen molar-refractivity contribution in [2.24, 2.45) is 0 Å².